The lowest BCUT2D eigenvalue weighted by atomic mass is 10.0. The van der Waals surface area contributed by atoms with Gasteiger partial charge in [0.25, 0.3) is 0 Å². The molecule has 0 spiro atoms. The smallest absolute Gasteiger partial charge is 0.410 e. The predicted octanol–water partition coefficient (Wildman–Crippen LogP) is 1.58. The van der Waals surface area contributed by atoms with Gasteiger partial charge in [0.15, 0.2) is 0 Å². The standard InChI is InChI=1S/C12H13ClN2O3/c1-18-12(17)15-7-6-14-11(16)10(15)8-2-4-9(13)5-3-8/h2-5,10H,6-7H2,1H3,(H,14,16). The zero-order valence-electron chi connectivity index (χ0n) is 9.85. The lowest BCUT2D eigenvalue weighted by Crippen LogP contribution is -2.52. The first-order chi connectivity index (χ1) is 8.63. The predicted molar refractivity (Wildman–Crippen MR) is 66.3 cm³/mol. The summed E-state index contributed by atoms with van der Waals surface area (Å²) in [4.78, 5) is 25.0. The van der Waals surface area contributed by atoms with E-state index in [1.807, 2.05) is 0 Å². The summed E-state index contributed by atoms with van der Waals surface area (Å²) in [6.45, 7) is 0.851. The number of piperazine rings is 1. The van der Waals surface area contributed by atoms with Gasteiger partial charge < -0.3 is 10.1 Å². The fourth-order valence-electron chi connectivity index (χ4n) is 1.96. The average molecular weight is 269 g/mol. The second-order valence-electron chi connectivity index (χ2n) is 3.91. The van der Waals surface area contributed by atoms with Gasteiger partial charge in [-0.15, -0.1) is 0 Å². The molecule has 1 aromatic rings. The van der Waals surface area contributed by atoms with E-state index < -0.39 is 12.1 Å². The van der Waals surface area contributed by atoms with Gasteiger partial charge in [0.1, 0.15) is 6.04 Å². The molecule has 5 nitrogen and oxygen atoms in total. The summed E-state index contributed by atoms with van der Waals surface area (Å²) in [5.74, 6) is -0.214. The molecule has 0 saturated carbocycles. The van der Waals surface area contributed by atoms with Gasteiger partial charge in [-0.25, -0.2) is 4.79 Å². The van der Waals surface area contributed by atoms with Gasteiger partial charge in [0.2, 0.25) is 5.91 Å². The first-order valence-corrected chi connectivity index (χ1v) is 5.89. The number of nitrogens with one attached hydrogen (secondary N) is 1. The normalized spacial score (nSPS) is 19.3. The van der Waals surface area contributed by atoms with Gasteiger partial charge in [-0.05, 0) is 17.7 Å². The second-order valence-corrected chi connectivity index (χ2v) is 4.34. The van der Waals surface area contributed by atoms with Crippen molar-refractivity contribution in [3.63, 3.8) is 0 Å². The molecular formula is C12H13ClN2O3. The Kier molecular flexibility index (Phi) is 3.72. The first kappa shape index (κ1) is 12.7. The fourth-order valence-corrected chi connectivity index (χ4v) is 2.08. The van der Waals surface area contributed by atoms with Crippen LogP contribution in [0.5, 0.6) is 0 Å². The largest absolute Gasteiger partial charge is 0.453 e. The van der Waals surface area contributed by atoms with Crippen LogP contribution in [0.1, 0.15) is 11.6 Å². The van der Waals surface area contributed by atoms with Crippen molar-refractivity contribution < 1.29 is 14.3 Å². The number of rotatable bonds is 1. The van der Waals surface area contributed by atoms with E-state index in [0.717, 1.165) is 0 Å². The Balaban J connectivity index is 2.32. The number of carbonyl (C=O) groups is 2. The van der Waals surface area contributed by atoms with Crippen LogP contribution < -0.4 is 5.32 Å². The summed E-state index contributed by atoms with van der Waals surface area (Å²) < 4.78 is 4.69. The van der Waals surface area contributed by atoms with Gasteiger partial charge in [0.05, 0.1) is 7.11 Å². The average Bonchev–Trinajstić information content (AvgIpc) is 2.39. The summed E-state index contributed by atoms with van der Waals surface area (Å²) in [6, 6.07) is 6.17. The molecule has 1 aromatic carbocycles. The maximum absolute atomic E-state index is 11.9. The number of benzene rings is 1. The number of hydrogen-bond acceptors (Lipinski definition) is 3. The molecule has 2 rings (SSSR count). The maximum atomic E-state index is 11.9. The zero-order chi connectivity index (χ0) is 13.1. The minimum Gasteiger partial charge on any atom is -0.453 e. The highest BCUT2D eigenvalue weighted by atomic mass is 35.5. The fraction of sp³-hybridized carbons (Fsp3) is 0.333. The quantitative estimate of drug-likeness (QED) is 0.841. The summed E-state index contributed by atoms with van der Waals surface area (Å²) in [6.07, 6.45) is -0.509. The zero-order valence-corrected chi connectivity index (χ0v) is 10.6. The highest BCUT2D eigenvalue weighted by Gasteiger charge is 2.34. The Labute approximate surface area is 110 Å². The molecule has 0 radical (unpaired) electrons. The van der Waals surface area contributed by atoms with E-state index >= 15 is 0 Å². The van der Waals surface area contributed by atoms with Crippen LogP contribution in [0.4, 0.5) is 4.79 Å². The molecule has 0 aromatic heterocycles. The van der Waals surface area contributed by atoms with E-state index in [1.165, 1.54) is 12.0 Å². The van der Waals surface area contributed by atoms with E-state index in [4.69, 9.17) is 16.3 Å². The van der Waals surface area contributed by atoms with Crippen LogP contribution in [-0.4, -0.2) is 37.1 Å². The molecule has 6 heteroatoms. The van der Waals surface area contributed by atoms with Crippen molar-refractivity contribution in [2.75, 3.05) is 20.2 Å². The molecule has 1 unspecified atom stereocenters. The number of hydrogen-bond donors (Lipinski definition) is 1. The first-order valence-electron chi connectivity index (χ1n) is 5.51. The number of methoxy groups -OCH3 is 1. The van der Waals surface area contributed by atoms with Crippen molar-refractivity contribution in [2.45, 2.75) is 6.04 Å². The molecule has 1 atom stereocenters. The van der Waals surface area contributed by atoms with Gasteiger partial charge in [0, 0.05) is 18.1 Å². The minimum atomic E-state index is -0.663. The Bertz CT molecular complexity index is 461. The van der Waals surface area contributed by atoms with Crippen LogP contribution in [0.15, 0.2) is 24.3 Å². The highest BCUT2D eigenvalue weighted by Crippen LogP contribution is 2.25. The van der Waals surface area contributed by atoms with Gasteiger partial charge in [-0.2, -0.15) is 0 Å². The number of carbonyl (C=O) groups excluding carboxylic acids is 2. The Hall–Kier alpha value is -1.75. The van der Waals surface area contributed by atoms with E-state index in [9.17, 15) is 9.59 Å². The molecule has 18 heavy (non-hydrogen) atoms. The number of nitrogens with zero attached hydrogens (tertiary/aromatic N) is 1. The molecule has 1 saturated heterocycles. The van der Waals surface area contributed by atoms with Gasteiger partial charge >= 0.3 is 6.09 Å². The summed E-state index contributed by atoms with van der Waals surface area (Å²) >= 11 is 5.81. The van der Waals surface area contributed by atoms with Crippen molar-refractivity contribution >= 4 is 23.6 Å². The topological polar surface area (TPSA) is 58.6 Å². The monoisotopic (exact) mass is 268 g/mol. The third kappa shape index (κ3) is 2.41. The minimum absolute atomic E-state index is 0.214. The third-order valence-electron chi connectivity index (χ3n) is 2.81. The van der Waals surface area contributed by atoms with E-state index in [2.05, 4.69) is 5.32 Å². The van der Waals surface area contributed by atoms with Crippen molar-refractivity contribution in [1.29, 1.82) is 0 Å². The second kappa shape index (κ2) is 5.27. The molecule has 1 fully saturated rings. The molecule has 1 aliphatic rings. The van der Waals surface area contributed by atoms with E-state index in [0.29, 0.717) is 23.7 Å². The SMILES string of the molecule is COC(=O)N1CCNC(=O)C1c1ccc(Cl)cc1. The summed E-state index contributed by atoms with van der Waals surface area (Å²) in [5, 5.41) is 3.32. The van der Waals surface area contributed by atoms with Gasteiger partial charge in [-0.3, -0.25) is 9.69 Å². The van der Waals surface area contributed by atoms with Crippen LogP contribution in [0.25, 0.3) is 0 Å². The summed E-state index contributed by atoms with van der Waals surface area (Å²) in [5.41, 5.74) is 0.710. The van der Waals surface area contributed by atoms with Crippen molar-refractivity contribution in [1.82, 2.24) is 10.2 Å². The highest BCUT2D eigenvalue weighted by molar-refractivity contribution is 6.30. The van der Waals surface area contributed by atoms with Crippen LogP contribution in [-0.2, 0) is 9.53 Å². The van der Waals surface area contributed by atoms with Crippen LogP contribution in [0.3, 0.4) is 0 Å². The molecule has 1 heterocycles. The van der Waals surface area contributed by atoms with Crippen LogP contribution >= 0.6 is 11.6 Å². The van der Waals surface area contributed by atoms with Crippen molar-refractivity contribution in [3.8, 4) is 0 Å². The third-order valence-corrected chi connectivity index (χ3v) is 3.06. The molecule has 0 bridgehead atoms. The lowest BCUT2D eigenvalue weighted by molar-refractivity contribution is -0.128. The number of halogens is 1. The molecule has 1 aliphatic heterocycles. The summed E-state index contributed by atoms with van der Waals surface area (Å²) in [7, 11) is 1.30. The van der Waals surface area contributed by atoms with Crippen LogP contribution in [0, 0.1) is 0 Å². The molecule has 2 amide bonds. The molecular weight excluding hydrogens is 256 g/mol. The Morgan fingerprint density at radius 1 is 1.44 bits per heavy atom. The van der Waals surface area contributed by atoms with Crippen molar-refractivity contribution in [3.05, 3.63) is 34.9 Å². The van der Waals surface area contributed by atoms with Gasteiger partial charge in [-0.1, -0.05) is 23.7 Å². The Morgan fingerprint density at radius 3 is 2.72 bits per heavy atom. The maximum Gasteiger partial charge on any atom is 0.410 e. The number of ether oxygens (including phenoxy) is 1. The van der Waals surface area contributed by atoms with E-state index in [1.54, 1.807) is 24.3 Å². The Morgan fingerprint density at radius 2 is 2.11 bits per heavy atom. The molecule has 1 N–H and O–H groups in total. The lowest BCUT2D eigenvalue weighted by Gasteiger charge is -2.34. The van der Waals surface area contributed by atoms with E-state index in [-0.39, 0.29) is 5.91 Å². The number of amides is 2. The van der Waals surface area contributed by atoms with Crippen LogP contribution in [0.2, 0.25) is 5.02 Å². The van der Waals surface area contributed by atoms with Crippen molar-refractivity contribution in [2.24, 2.45) is 0 Å². The molecule has 96 valence electrons. The molecule has 0 aliphatic carbocycles.